The summed E-state index contributed by atoms with van der Waals surface area (Å²) in [5.74, 6) is 0.392. The van der Waals surface area contributed by atoms with Crippen molar-refractivity contribution in [2.24, 2.45) is 11.3 Å². The Morgan fingerprint density at radius 2 is 2.00 bits per heavy atom. The van der Waals surface area contributed by atoms with E-state index in [1.54, 1.807) is 4.68 Å². The number of nitrogens with one attached hydrogen (secondary N) is 1. The highest BCUT2D eigenvalue weighted by Gasteiger charge is 2.20. The van der Waals surface area contributed by atoms with Crippen LogP contribution in [0.25, 0.3) is 0 Å². The van der Waals surface area contributed by atoms with Gasteiger partial charge in [0.05, 0.1) is 17.1 Å². The Morgan fingerprint density at radius 3 is 2.42 bits per heavy atom. The second-order valence-electron chi connectivity index (χ2n) is 6.31. The molecule has 1 atom stereocenters. The van der Waals surface area contributed by atoms with Crippen LogP contribution in [0.5, 0.6) is 0 Å². The van der Waals surface area contributed by atoms with E-state index in [1.807, 2.05) is 13.8 Å². The van der Waals surface area contributed by atoms with Crippen LogP contribution in [-0.2, 0) is 11.3 Å². The molecule has 0 radical (unpaired) electrons. The summed E-state index contributed by atoms with van der Waals surface area (Å²) in [6, 6.07) is 0. The number of hydrogen-bond acceptors (Lipinski definition) is 3. The fourth-order valence-corrected chi connectivity index (χ4v) is 1.63. The summed E-state index contributed by atoms with van der Waals surface area (Å²) < 4.78 is 1.65. The maximum absolute atomic E-state index is 11.9. The molecular formula is C14H26N4O. The largest absolute Gasteiger partial charge is 0.396 e. The van der Waals surface area contributed by atoms with Gasteiger partial charge in [-0.25, -0.2) is 0 Å². The lowest BCUT2D eigenvalue weighted by atomic mass is 9.82. The molecule has 0 saturated carbocycles. The van der Waals surface area contributed by atoms with Crippen LogP contribution in [0.15, 0.2) is 0 Å². The molecule has 19 heavy (non-hydrogen) atoms. The molecule has 108 valence electrons. The number of hydrogen-bond donors (Lipinski definition) is 2. The lowest BCUT2D eigenvalue weighted by Crippen LogP contribution is -2.35. The van der Waals surface area contributed by atoms with Crippen LogP contribution in [0.2, 0.25) is 0 Å². The standard InChI is InChI=1S/C14H26N4O/c1-9(14(4,5)6)7-16-12(19)8-18-11(3)13(15)10(2)17-18/h9H,7-8,15H2,1-6H3,(H,16,19). The molecule has 0 fully saturated rings. The van der Waals surface area contributed by atoms with Gasteiger partial charge in [-0.1, -0.05) is 27.7 Å². The minimum atomic E-state index is -0.0262. The summed E-state index contributed by atoms with van der Waals surface area (Å²) in [5.41, 5.74) is 8.31. The Bertz CT molecular complexity index is 457. The minimum absolute atomic E-state index is 0.0262. The highest BCUT2D eigenvalue weighted by molar-refractivity contribution is 5.75. The average molecular weight is 266 g/mol. The van der Waals surface area contributed by atoms with Crippen molar-refractivity contribution < 1.29 is 4.79 Å². The van der Waals surface area contributed by atoms with Gasteiger partial charge in [-0.15, -0.1) is 0 Å². The van der Waals surface area contributed by atoms with Gasteiger partial charge < -0.3 is 11.1 Å². The van der Waals surface area contributed by atoms with Crippen molar-refractivity contribution in [1.82, 2.24) is 15.1 Å². The minimum Gasteiger partial charge on any atom is -0.396 e. The van der Waals surface area contributed by atoms with Crippen molar-refractivity contribution in [3.8, 4) is 0 Å². The zero-order chi connectivity index (χ0) is 14.8. The molecule has 1 unspecified atom stereocenters. The third kappa shape index (κ3) is 3.98. The van der Waals surface area contributed by atoms with E-state index in [4.69, 9.17) is 5.73 Å². The molecule has 1 aromatic heterocycles. The van der Waals surface area contributed by atoms with E-state index in [0.29, 0.717) is 18.2 Å². The van der Waals surface area contributed by atoms with Gasteiger partial charge in [-0.3, -0.25) is 9.48 Å². The number of aromatic nitrogens is 2. The zero-order valence-corrected chi connectivity index (χ0v) is 12.9. The summed E-state index contributed by atoms with van der Waals surface area (Å²) in [6.45, 7) is 13.3. The topological polar surface area (TPSA) is 72.9 Å². The molecule has 5 nitrogen and oxygen atoms in total. The summed E-state index contributed by atoms with van der Waals surface area (Å²) in [7, 11) is 0. The van der Waals surface area contributed by atoms with Crippen molar-refractivity contribution in [2.45, 2.75) is 48.1 Å². The van der Waals surface area contributed by atoms with E-state index in [2.05, 4.69) is 38.1 Å². The van der Waals surface area contributed by atoms with Crippen molar-refractivity contribution in [2.75, 3.05) is 12.3 Å². The normalized spacial score (nSPS) is 13.4. The molecule has 0 bridgehead atoms. The Balaban J connectivity index is 2.55. The van der Waals surface area contributed by atoms with Crippen LogP contribution in [0, 0.1) is 25.2 Å². The molecule has 0 aromatic carbocycles. The smallest absolute Gasteiger partial charge is 0.241 e. The number of amides is 1. The molecule has 1 rings (SSSR count). The van der Waals surface area contributed by atoms with E-state index in [-0.39, 0.29) is 17.9 Å². The number of aryl methyl sites for hydroxylation is 1. The number of rotatable bonds is 4. The Hall–Kier alpha value is -1.52. The summed E-state index contributed by atoms with van der Waals surface area (Å²) in [5, 5.41) is 7.21. The van der Waals surface area contributed by atoms with Crippen molar-refractivity contribution >= 4 is 11.6 Å². The molecule has 1 aromatic rings. The van der Waals surface area contributed by atoms with Crippen LogP contribution in [0.3, 0.4) is 0 Å². The Labute approximate surface area is 115 Å². The zero-order valence-electron chi connectivity index (χ0n) is 12.9. The van der Waals surface area contributed by atoms with E-state index >= 15 is 0 Å². The van der Waals surface area contributed by atoms with Gasteiger partial charge in [0.1, 0.15) is 6.54 Å². The van der Waals surface area contributed by atoms with Gasteiger partial charge in [-0.05, 0) is 25.2 Å². The molecule has 0 saturated heterocycles. The van der Waals surface area contributed by atoms with Crippen molar-refractivity contribution in [3.63, 3.8) is 0 Å². The SMILES string of the molecule is Cc1nn(CC(=O)NCC(C)C(C)(C)C)c(C)c1N. The summed E-state index contributed by atoms with van der Waals surface area (Å²) in [4.78, 5) is 11.9. The fourth-order valence-electron chi connectivity index (χ4n) is 1.63. The first-order valence-corrected chi connectivity index (χ1v) is 6.69. The molecular weight excluding hydrogens is 240 g/mol. The molecule has 5 heteroatoms. The maximum Gasteiger partial charge on any atom is 0.241 e. The lowest BCUT2D eigenvalue weighted by molar-refractivity contribution is -0.122. The molecule has 0 aliphatic heterocycles. The third-order valence-corrected chi connectivity index (χ3v) is 3.81. The fraction of sp³-hybridized carbons (Fsp3) is 0.714. The molecule has 1 heterocycles. The van der Waals surface area contributed by atoms with Gasteiger partial charge in [-0.2, -0.15) is 5.10 Å². The van der Waals surface area contributed by atoms with Crippen molar-refractivity contribution in [3.05, 3.63) is 11.4 Å². The number of nitrogens with zero attached hydrogens (tertiary/aromatic N) is 2. The molecule has 3 N–H and O–H groups in total. The van der Waals surface area contributed by atoms with Gasteiger partial charge >= 0.3 is 0 Å². The molecule has 0 aliphatic rings. The number of nitrogen functional groups attached to an aromatic ring is 1. The highest BCUT2D eigenvalue weighted by Crippen LogP contribution is 2.24. The van der Waals surface area contributed by atoms with Crippen LogP contribution in [0.1, 0.15) is 39.1 Å². The third-order valence-electron chi connectivity index (χ3n) is 3.81. The Kier molecular flexibility index (Phi) is 4.61. The summed E-state index contributed by atoms with van der Waals surface area (Å²) in [6.07, 6.45) is 0. The van der Waals surface area contributed by atoms with E-state index in [0.717, 1.165) is 11.4 Å². The van der Waals surface area contributed by atoms with E-state index in [9.17, 15) is 4.79 Å². The second kappa shape index (κ2) is 5.63. The molecule has 0 spiro atoms. The van der Waals surface area contributed by atoms with Gasteiger partial charge in [0, 0.05) is 6.54 Å². The maximum atomic E-state index is 11.9. The predicted molar refractivity (Wildman–Crippen MR) is 77.7 cm³/mol. The molecule has 1 amide bonds. The summed E-state index contributed by atoms with van der Waals surface area (Å²) >= 11 is 0. The van der Waals surface area contributed by atoms with Crippen molar-refractivity contribution in [1.29, 1.82) is 0 Å². The predicted octanol–water partition coefficient (Wildman–Crippen LogP) is 1.88. The first kappa shape index (κ1) is 15.5. The van der Waals surface area contributed by atoms with Gasteiger partial charge in [0.15, 0.2) is 0 Å². The number of anilines is 1. The number of carbonyl (C=O) groups is 1. The Morgan fingerprint density at radius 1 is 1.42 bits per heavy atom. The van der Waals surface area contributed by atoms with Crippen LogP contribution in [0.4, 0.5) is 5.69 Å². The van der Waals surface area contributed by atoms with Gasteiger partial charge in [0.2, 0.25) is 5.91 Å². The highest BCUT2D eigenvalue weighted by atomic mass is 16.2. The number of nitrogens with two attached hydrogens (primary N) is 1. The van der Waals surface area contributed by atoms with Crippen LogP contribution in [-0.4, -0.2) is 22.2 Å². The average Bonchev–Trinajstić information content (AvgIpc) is 2.52. The van der Waals surface area contributed by atoms with Gasteiger partial charge in [0.25, 0.3) is 0 Å². The quantitative estimate of drug-likeness (QED) is 0.874. The van der Waals surface area contributed by atoms with E-state index in [1.165, 1.54) is 0 Å². The first-order valence-electron chi connectivity index (χ1n) is 6.69. The van der Waals surface area contributed by atoms with Crippen LogP contribution >= 0.6 is 0 Å². The van der Waals surface area contributed by atoms with Crippen LogP contribution < -0.4 is 11.1 Å². The number of carbonyl (C=O) groups excluding carboxylic acids is 1. The first-order chi connectivity index (χ1) is 8.62. The molecule has 0 aliphatic carbocycles. The van der Waals surface area contributed by atoms with E-state index < -0.39 is 0 Å². The lowest BCUT2D eigenvalue weighted by Gasteiger charge is -2.27. The second-order valence-corrected chi connectivity index (χ2v) is 6.31. The monoisotopic (exact) mass is 266 g/mol.